The zero-order valence-corrected chi connectivity index (χ0v) is 9.96. The van der Waals surface area contributed by atoms with Gasteiger partial charge in [-0.05, 0) is 25.2 Å². The first-order valence-electron chi connectivity index (χ1n) is 6.03. The van der Waals surface area contributed by atoms with Gasteiger partial charge in [0.15, 0.2) is 5.96 Å². The number of carbonyl (C=O) groups is 1. The van der Waals surface area contributed by atoms with Crippen molar-refractivity contribution in [2.24, 2.45) is 16.6 Å². The number of guanidine groups is 1. The maximum absolute atomic E-state index is 11.2. The van der Waals surface area contributed by atoms with E-state index in [0.29, 0.717) is 12.5 Å². The van der Waals surface area contributed by atoms with E-state index in [-0.39, 0.29) is 12.5 Å². The Balaban J connectivity index is 2.09. The van der Waals surface area contributed by atoms with E-state index in [9.17, 15) is 4.79 Å². The number of rotatable bonds is 6. The van der Waals surface area contributed by atoms with Gasteiger partial charge in [0, 0.05) is 13.1 Å². The first-order valence-corrected chi connectivity index (χ1v) is 6.03. The fourth-order valence-corrected chi connectivity index (χ4v) is 1.48. The summed E-state index contributed by atoms with van der Waals surface area (Å²) in [6, 6.07) is 0. The van der Waals surface area contributed by atoms with Crippen LogP contribution in [-0.4, -0.2) is 31.5 Å². The van der Waals surface area contributed by atoms with E-state index < -0.39 is 0 Å². The lowest BCUT2D eigenvalue weighted by atomic mass is 9.85. The molecular formula is C11H22N4O. The number of nitrogens with one attached hydrogen (secondary N) is 2. The van der Waals surface area contributed by atoms with Gasteiger partial charge in [-0.15, -0.1) is 0 Å². The number of carbonyl (C=O) groups excluding carboxylic acids is 1. The first kappa shape index (κ1) is 12.8. The third-order valence-electron chi connectivity index (χ3n) is 2.76. The van der Waals surface area contributed by atoms with Crippen LogP contribution < -0.4 is 16.4 Å². The monoisotopic (exact) mass is 226 g/mol. The minimum absolute atomic E-state index is 0.0738. The van der Waals surface area contributed by atoms with Crippen LogP contribution in [0.3, 0.4) is 0 Å². The maximum atomic E-state index is 11.2. The molecule has 5 heteroatoms. The summed E-state index contributed by atoms with van der Waals surface area (Å²) in [4.78, 5) is 15.2. The van der Waals surface area contributed by atoms with Crippen LogP contribution >= 0.6 is 0 Å². The molecule has 1 fully saturated rings. The zero-order valence-electron chi connectivity index (χ0n) is 9.96. The van der Waals surface area contributed by atoms with E-state index in [2.05, 4.69) is 15.6 Å². The fourth-order valence-electron chi connectivity index (χ4n) is 1.48. The van der Waals surface area contributed by atoms with Crippen molar-refractivity contribution in [2.75, 3.05) is 19.6 Å². The Morgan fingerprint density at radius 3 is 2.75 bits per heavy atom. The van der Waals surface area contributed by atoms with Gasteiger partial charge in [0.2, 0.25) is 5.91 Å². The molecule has 1 aliphatic carbocycles. The highest BCUT2D eigenvalue weighted by molar-refractivity contribution is 5.83. The molecule has 1 saturated carbocycles. The Kier molecular flexibility index (Phi) is 5.67. The van der Waals surface area contributed by atoms with Crippen molar-refractivity contribution in [3.8, 4) is 0 Å². The van der Waals surface area contributed by atoms with E-state index in [4.69, 9.17) is 5.73 Å². The minimum atomic E-state index is -0.0738. The predicted molar refractivity (Wildman–Crippen MR) is 65.1 cm³/mol. The number of hydrogen-bond donors (Lipinski definition) is 3. The molecule has 0 aromatic heterocycles. The predicted octanol–water partition coefficient (Wildman–Crippen LogP) is 0.217. The van der Waals surface area contributed by atoms with Crippen LogP contribution in [0.1, 0.15) is 32.6 Å². The summed E-state index contributed by atoms with van der Waals surface area (Å²) in [6.07, 6.45) is 4.81. The van der Waals surface area contributed by atoms with Gasteiger partial charge in [-0.25, -0.2) is 4.99 Å². The summed E-state index contributed by atoms with van der Waals surface area (Å²) < 4.78 is 0. The number of hydrogen-bond acceptors (Lipinski definition) is 2. The van der Waals surface area contributed by atoms with Crippen molar-refractivity contribution in [3.05, 3.63) is 0 Å². The van der Waals surface area contributed by atoms with Crippen molar-refractivity contribution >= 4 is 11.9 Å². The lowest BCUT2D eigenvalue weighted by Crippen LogP contribution is -2.38. The summed E-state index contributed by atoms with van der Waals surface area (Å²) in [5.41, 5.74) is 5.64. The topological polar surface area (TPSA) is 79.5 Å². The third-order valence-corrected chi connectivity index (χ3v) is 2.76. The van der Waals surface area contributed by atoms with Crippen LogP contribution in [0.25, 0.3) is 0 Å². The van der Waals surface area contributed by atoms with Crippen LogP contribution in [0.15, 0.2) is 4.99 Å². The third kappa shape index (κ3) is 5.00. The summed E-state index contributed by atoms with van der Waals surface area (Å²) in [5.74, 6) is 1.04. The highest BCUT2D eigenvalue weighted by atomic mass is 16.1. The van der Waals surface area contributed by atoms with Crippen LogP contribution in [0.5, 0.6) is 0 Å². The van der Waals surface area contributed by atoms with Crippen molar-refractivity contribution in [1.29, 1.82) is 0 Å². The van der Waals surface area contributed by atoms with E-state index in [0.717, 1.165) is 18.9 Å². The van der Waals surface area contributed by atoms with Crippen molar-refractivity contribution in [1.82, 2.24) is 10.6 Å². The summed E-state index contributed by atoms with van der Waals surface area (Å²) in [5, 5.41) is 5.79. The molecule has 5 nitrogen and oxygen atoms in total. The van der Waals surface area contributed by atoms with Gasteiger partial charge >= 0.3 is 0 Å². The molecule has 0 aromatic rings. The van der Waals surface area contributed by atoms with Crippen LogP contribution in [-0.2, 0) is 4.79 Å². The smallest absolute Gasteiger partial charge is 0.241 e. The standard InChI is InChI=1S/C11H22N4O/c1-2-6-13-10(16)8-15-11(12)14-7-9-4-3-5-9/h9H,2-8H2,1H3,(H,13,16)(H3,12,14,15). The molecule has 92 valence electrons. The van der Waals surface area contributed by atoms with Gasteiger partial charge < -0.3 is 16.4 Å². The minimum Gasteiger partial charge on any atom is -0.370 e. The Morgan fingerprint density at radius 2 is 2.19 bits per heavy atom. The highest BCUT2D eigenvalue weighted by Crippen LogP contribution is 2.24. The quantitative estimate of drug-likeness (QED) is 0.447. The molecule has 0 saturated heterocycles. The summed E-state index contributed by atoms with van der Waals surface area (Å²) >= 11 is 0. The molecule has 0 heterocycles. The largest absolute Gasteiger partial charge is 0.370 e. The van der Waals surface area contributed by atoms with E-state index in [1.165, 1.54) is 19.3 Å². The molecule has 1 aliphatic rings. The summed E-state index contributed by atoms with van der Waals surface area (Å²) in [7, 11) is 0. The van der Waals surface area contributed by atoms with Crippen molar-refractivity contribution in [3.63, 3.8) is 0 Å². The van der Waals surface area contributed by atoms with E-state index >= 15 is 0 Å². The second kappa shape index (κ2) is 7.09. The molecule has 4 N–H and O–H groups in total. The lowest BCUT2D eigenvalue weighted by molar-refractivity contribution is -0.119. The Morgan fingerprint density at radius 1 is 1.44 bits per heavy atom. The number of nitrogens with two attached hydrogens (primary N) is 1. The Hall–Kier alpha value is -1.26. The molecule has 0 aromatic carbocycles. The molecule has 0 atom stereocenters. The van der Waals surface area contributed by atoms with Gasteiger partial charge in [-0.3, -0.25) is 4.79 Å². The molecular weight excluding hydrogens is 204 g/mol. The fraction of sp³-hybridized carbons (Fsp3) is 0.818. The van der Waals surface area contributed by atoms with Crippen molar-refractivity contribution in [2.45, 2.75) is 32.6 Å². The van der Waals surface area contributed by atoms with Crippen LogP contribution in [0.2, 0.25) is 0 Å². The second-order valence-electron chi connectivity index (χ2n) is 4.23. The van der Waals surface area contributed by atoms with Gasteiger partial charge in [0.25, 0.3) is 0 Å². The first-order chi connectivity index (χ1) is 7.72. The molecule has 0 unspecified atom stereocenters. The SMILES string of the molecule is CCCNC(=O)CN=C(N)NCC1CCC1. The molecule has 0 aliphatic heterocycles. The molecule has 16 heavy (non-hydrogen) atoms. The Bertz CT molecular complexity index is 248. The lowest BCUT2D eigenvalue weighted by Gasteiger charge is -2.25. The molecule has 0 radical (unpaired) electrons. The molecule has 0 bridgehead atoms. The van der Waals surface area contributed by atoms with Gasteiger partial charge in [0.05, 0.1) is 0 Å². The normalized spacial score (nSPS) is 16.7. The summed E-state index contributed by atoms with van der Waals surface area (Å²) in [6.45, 7) is 3.71. The number of aliphatic imine (C=N–C) groups is 1. The van der Waals surface area contributed by atoms with Crippen LogP contribution in [0.4, 0.5) is 0 Å². The molecule has 1 amide bonds. The molecule has 0 spiro atoms. The van der Waals surface area contributed by atoms with Crippen LogP contribution in [0, 0.1) is 5.92 Å². The molecule has 1 rings (SSSR count). The van der Waals surface area contributed by atoms with Gasteiger partial charge in [-0.1, -0.05) is 13.3 Å². The van der Waals surface area contributed by atoms with Gasteiger partial charge in [-0.2, -0.15) is 0 Å². The van der Waals surface area contributed by atoms with E-state index in [1.807, 2.05) is 6.92 Å². The van der Waals surface area contributed by atoms with E-state index in [1.54, 1.807) is 0 Å². The van der Waals surface area contributed by atoms with Gasteiger partial charge in [0.1, 0.15) is 6.54 Å². The maximum Gasteiger partial charge on any atom is 0.241 e. The zero-order chi connectivity index (χ0) is 11.8. The number of amides is 1. The van der Waals surface area contributed by atoms with Crippen molar-refractivity contribution < 1.29 is 4.79 Å². The highest BCUT2D eigenvalue weighted by Gasteiger charge is 2.16. The Labute approximate surface area is 96.9 Å². The second-order valence-corrected chi connectivity index (χ2v) is 4.23. The average molecular weight is 226 g/mol. The number of nitrogens with zero attached hydrogens (tertiary/aromatic N) is 1. The average Bonchev–Trinajstić information content (AvgIpc) is 2.21.